The van der Waals surface area contributed by atoms with Crippen LogP contribution < -0.4 is 0 Å². The lowest BCUT2D eigenvalue weighted by Gasteiger charge is -2.42. The molecule has 0 aromatic carbocycles. The van der Waals surface area contributed by atoms with E-state index in [1.54, 1.807) is 0 Å². The molecule has 98 valence electrons. The number of carbonyl (C=O) groups is 1. The first kappa shape index (κ1) is 13.1. The van der Waals surface area contributed by atoms with E-state index in [2.05, 4.69) is 18.7 Å². The molecule has 1 saturated heterocycles. The number of hydrogen-bond acceptors (Lipinski definition) is 2. The zero-order valence-electron chi connectivity index (χ0n) is 11.5. The first-order chi connectivity index (χ1) is 8.15. The van der Waals surface area contributed by atoms with Crippen LogP contribution in [0.15, 0.2) is 0 Å². The van der Waals surface area contributed by atoms with Crippen molar-refractivity contribution in [1.82, 2.24) is 4.90 Å². The van der Waals surface area contributed by atoms with E-state index in [4.69, 9.17) is 0 Å². The minimum Gasteiger partial charge on any atom is -0.300 e. The fourth-order valence-corrected chi connectivity index (χ4v) is 3.28. The molecule has 1 saturated carbocycles. The van der Waals surface area contributed by atoms with E-state index in [9.17, 15) is 4.79 Å². The average molecular weight is 237 g/mol. The minimum absolute atomic E-state index is 0.533. The van der Waals surface area contributed by atoms with Gasteiger partial charge in [0.05, 0.1) is 0 Å². The third-order valence-corrected chi connectivity index (χ3v) is 4.47. The Labute approximate surface area is 106 Å². The number of hydrogen-bond donors (Lipinski definition) is 0. The molecule has 1 aliphatic carbocycles. The topological polar surface area (TPSA) is 20.3 Å². The average Bonchev–Trinajstić information content (AvgIpc) is 2.23. The third kappa shape index (κ3) is 3.80. The molecular formula is C15H27NO. The molecule has 0 N–H and O–H groups in total. The lowest BCUT2D eigenvalue weighted by molar-refractivity contribution is -0.122. The predicted molar refractivity (Wildman–Crippen MR) is 71.0 cm³/mol. The first-order valence-corrected chi connectivity index (χ1v) is 7.41. The Morgan fingerprint density at radius 1 is 1.06 bits per heavy atom. The maximum atomic E-state index is 12.0. The summed E-state index contributed by atoms with van der Waals surface area (Å²) in [5.74, 6) is 1.91. The van der Waals surface area contributed by atoms with Crippen LogP contribution in [0.5, 0.6) is 0 Å². The fourth-order valence-electron chi connectivity index (χ4n) is 3.28. The molecular weight excluding hydrogens is 210 g/mol. The van der Waals surface area contributed by atoms with Gasteiger partial charge in [0, 0.05) is 32.0 Å². The minimum atomic E-state index is 0.533. The Bertz CT molecular complexity index is 250. The lowest BCUT2D eigenvalue weighted by Crippen LogP contribution is -2.50. The van der Waals surface area contributed by atoms with E-state index in [0.29, 0.717) is 17.7 Å². The number of carbonyl (C=O) groups excluding carboxylic acids is 1. The van der Waals surface area contributed by atoms with Gasteiger partial charge in [-0.2, -0.15) is 0 Å². The number of Topliss-reactive ketones (excluding diaryl/α,β-unsaturated/α-hetero) is 1. The number of likely N-dealkylation sites (tertiary alicyclic amines) is 1. The van der Waals surface area contributed by atoms with E-state index >= 15 is 0 Å². The molecule has 2 aliphatic rings. The molecule has 0 bridgehead atoms. The van der Waals surface area contributed by atoms with Gasteiger partial charge in [-0.1, -0.05) is 32.1 Å². The molecule has 1 aliphatic heterocycles. The van der Waals surface area contributed by atoms with Gasteiger partial charge in [0.1, 0.15) is 5.78 Å². The second-order valence-electron chi connectivity index (χ2n) is 6.36. The highest BCUT2D eigenvalue weighted by Gasteiger charge is 2.30. The summed E-state index contributed by atoms with van der Waals surface area (Å²) in [6, 6.07) is 0.652. The maximum absolute atomic E-state index is 12.0. The molecule has 0 radical (unpaired) electrons. The first-order valence-electron chi connectivity index (χ1n) is 7.41. The van der Waals surface area contributed by atoms with E-state index in [1.807, 2.05) is 0 Å². The van der Waals surface area contributed by atoms with Crippen molar-refractivity contribution in [1.29, 1.82) is 0 Å². The van der Waals surface area contributed by atoms with E-state index in [-0.39, 0.29) is 0 Å². The molecule has 0 aromatic heterocycles. The maximum Gasteiger partial charge on any atom is 0.133 e. The summed E-state index contributed by atoms with van der Waals surface area (Å²) in [6.07, 6.45) is 8.41. The van der Waals surface area contributed by atoms with Crippen molar-refractivity contribution >= 4 is 5.78 Å². The molecule has 2 fully saturated rings. The van der Waals surface area contributed by atoms with Crippen LogP contribution in [-0.4, -0.2) is 29.8 Å². The molecule has 0 spiro atoms. The van der Waals surface area contributed by atoms with E-state index < -0.39 is 0 Å². The van der Waals surface area contributed by atoms with Gasteiger partial charge < -0.3 is 4.90 Å². The zero-order valence-corrected chi connectivity index (χ0v) is 11.5. The smallest absolute Gasteiger partial charge is 0.133 e. The number of rotatable bonds is 5. The quantitative estimate of drug-likeness (QED) is 0.731. The number of nitrogens with zero attached hydrogens (tertiary/aromatic N) is 1. The van der Waals surface area contributed by atoms with Crippen LogP contribution >= 0.6 is 0 Å². The van der Waals surface area contributed by atoms with Gasteiger partial charge in [0.25, 0.3) is 0 Å². The fraction of sp³-hybridized carbons (Fsp3) is 0.933. The molecule has 2 rings (SSSR count). The molecule has 0 aromatic rings. The van der Waals surface area contributed by atoms with Gasteiger partial charge in [-0.25, -0.2) is 0 Å². The molecule has 0 atom stereocenters. The van der Waals surface area contributed by atoms with Gasteiger partial charge >= 0.3 is 0 Å². The van der Waals surface area contributed by atoms with Crippen LogP contribution in [0, 0.1) is 11.8 Å². The van der Waals surface area contributed by atoms with Gasteiger partial charge in [0.15, 0.2) is 0 Å². The van der Waals surface area contributed by atoms with Crippen molar-refractivity contribution in [3.05, 3.63) is 0 Å². The largest absolute Gasteiger partial charge is 0.300 e. The van der Waals surface area contributed by atoms with Crippen molar-refractivity contribution in [3.63, 3.8) is 0 Å². The van der Waals surface area contributed by atoms with Crippen LogP contribution in [0.3, 0.4) is 0 Å². The third-order valence-electron chi connectivity index (χ3n) is 4.47. The molecule has 0 unspecified atom stereocenters. The summed E-state index contributed by atoms with van der Waals surface area (Å²) >= 11 is 0. The highest BCUT2D eigenvalue weighted by Crippen LogP contribution is 2.28. The second kappa shape index (κ2) is 5.99. The Hall–Kier alpha value is -0.370. The van der Waals surface area contributed by atoms with Crippen molar-refractivity contribution in [2.75, 3.05) is 13.1 Å². The van der Waals surface area contributed by atoms with Crippen LogP contribution in [0.25, 0.3) is 0 Å². The van der Waals surface area contributed by atoms with Gasteiger partial charge in [-0.05, 0) is 25.7 Å². The number of ketones is 1. The Kier molecular flexibility index (Phi) is 4.61. The van der Waals surface area contributed by atoms with E-state index in [0.717, 1.165) is 31.8 Å². The highest BCUT2D eigenvalue weighted by molar-refractivity contribution is 5.79. The van der Waals surface area contributed by atoms with Crippen LogP contribution in [0.2, 0.25) is 0 Å². The molecule has 17 heavy (non-hydrogen) atoms. The van der Waals surface area contributed by atoms with Crippen molar-refractivity contribution in [2.45, 2.75) is 64.8 Å². The Balaban J connectivity index is 1.61. The summed E-state index contributed by atoms with van der Waals surface area (Å²) < 4.78 is 0. The van der Waals surface area contributed by atoms with Crippen molar-refractivity contribution in [3.8, 4) is 0 Å². The lowest BCUT2D eigenvalue weighted by atomic mass is 9.83. The molecule has 2 nitrogen and oxygen atoms in total. The van der Waals surface area contributed by atoms with Gasteiger partial charge in [0.2, 0.25) is 0 Å². The highest BCUT2D eigenvalue weighted by atomic mass is 16.1. The van der Waals surface area contributed by atoms with Crippen LogP contribution in [-0.2, 0) is 4.79 Å². The SMILES string of the molecule is CC(C)N1CC(CC(=O)CC2CCCCC2)C1. The van der Waals surface area contributed by atoms with Gasteiger partial charge in [-0.3, -0.25) is 4.79 Å². The van der Waals surface area contributed by atoms with Crippen LogP contribution in [0.1, 0.15) is 58.8 Å². The summed E-state index contributed by atoms with van der Waals surface area (Å²) in [7, 11) is 0. The van der Waals surface area contributed by atoms with Gasteiger partial charge in [-0.15, -0.1) is 0 Å². The normalized spacial score (nSPS) is 23.9. The molecule has 2 heteroatoms. The predicted octanol–water partition coefficient (Wildman–Crippen LogP) is 3.26. The Morgan fingerprint density at radius 2 is 1.65 bits per heavy atom. The molecule has 0 amide bonds. The van der Waals surface area contributed by atoms with Crippen molar-refractivity contribution < 1.29 is 4.79 Å². The zero-order chi connectivity index (χ0) is 12.3. The summed E-state index contributed by atoms with van der Waals surface area (Å²) in [6.45, 7) is 6.77. The monoisotopic (exact) mass is 237 g/mol. The summed E-state index contributed by atoms with van der Waals surface area (Å²) in [5, 5.41) is 0. The second-order valence-corrected chi connectivity index (χ2v) is 6.36. The summed E-state index contributed by atoms with van der Waals surface area (Å²) in [5.41, 5.74) is 0. The standard InChI is InChI=1S/C15H27NO/c1-12(2)16-10-14(11-16)9-15(17)8-13-6-4-3-5-7-13/h12-14H,3-11H2,1-2H3. The van der Waals surface area contributed by atoms with E-state index in [1.165, 1.54) is 32.1 Å². The van der Waals surface area contributed by atoms with Crippen molar-refractivity contribution in [2.24, 2.45) is 11.8 Å². The Morgan fingerprint density at radius 3 is 2.24 bits per heavy atom. The summed E-state index contributed by atoms with van der Waals surface area (Å²) in [4.78, 5) is 14.4. The van der Waals surface area contributed by atoms with Crippen LogP contribution in [0.4, 0.5) is 0 Å². The molecule has 1 heterocycles.